The molecule has 0 aliphatic carbocycles. The monoisotopic (exact) mass is 537 g/mol. The topological polar surface area (TPSA) is 123 Å². The summed E-state index contributed by atoms with van der Waals surface area (Å²) in [7, 11) is -2.85. The lowest BCUT2D eigenvalue weighted by Gasteiger charge is -2.36. The van der Waals surface area contributed by atoms with Gasteiger partial charge in [-0.15, -0.1) is 0 Å². The number of hydrogen-bond donors (Lipinski definition) is 1. The molecule has 9 nitrogen and oxygen atoms in total. The predicted molar refractivity (Wildman–Crippen MR) is 141 cm³/mol. The van der Waals surface area contributed by atoms with Crippen molar-refractivity contribution in [2.24, 2.45) is 27.9 Å². The highest BCUT2D eigenvalue weighted by Gasteiger charge is 2.42. The van der Waals surface area contributed by atoms with Crippen molar-refractivity contribution in [1.29, 1.82) is 0 Å². The van der Waals surface area contributed by atoms with Gasteiger partial charge < -0.3 is 15.2 Å². The van der Waals surface area contributed by atoms with Crippen LogP contribution in [0.5, 0.6) is 0 Å². The number of esters is 2. The zero-order chi connectivity index (χ0) is 29.0. The molecular weight excluding hydrogens is 485 g/mol. The number of carbonyl (C=O) groups is 2. The van der Waals surface area contributed by atoms with Gasteiger partial charge in [-0.1, -0.05) is 48.5 Å². The van der Waals surface area contributed by atoms with Gasteiger partial charge in [-0.25, -0.2) is 4.57 Å². The Morgan fingerprint density at radius 1 is 0.889 bits per heavy atom. The highest BCUT2D eigenvalue weighted by atomic mass is 31.2. The maximum Gasteiger partial charge on any atom is 0.475 e. The first-order valence-corrected chi connectivity index (χ1v) is 13.9. The Morgan fingerprint density at radius 2 is 1.39 bits per heavy atom. The van der Waals surface area contributed by atoms with Crippen molar-refractivity contribution < 1.29 is 37.2 Å². The molecular formula is C26H52NO8P. The molecule has 3 unspecified atom stereocenters. The third kappa shape index (κ3) is 11.6. The largest absolute Gasteiger partial charge is 0.475 e. The molecule has 214 valence electrons. The number of nitrogens with two attached hydrogens (primary N) is 1. The molecule has 3 atom stereocenters. The Kier molecular flexibility index (Phi) is 11.9. The van der Waals surface area contributed by atoms with Gasteiger partial charge in [-0.3, -0.25) is 23.2 Å². The first-order chi connectivity index (χ1) is 15.8. The third-order valence-corrected chi connectivity index (χ3v) is 8.23. The summed E-state index contributed by atoms with van der Waals surface area (Å²) in [5.74, 6) is -1.38. The summed E-state index contributed by atoms with van der Waals surface area (Å²) in [4.78, 5) is 25.7. The minimum absolute atomic E-state index is 0.274. The molecule has 0 aliphatic rings. The van der Waals surface area contributed by atoms with Crippen LogP contribution < -0.4 is 5.73 Å². The molecule has 0 saturated carbocycles. The fourth-order valence-electron chi connectivity index (χ4n) is 3.11. The lowest BCUT2D eigenvalue weighted by atomic mass is 9.69. The normalized spacial score (nSPS) is 17.2. The SMILES string of the molecule is COP(=O)(OCC(COC(=O)C(C)(C)C(C)(C)C)OC(=O)C(C)C(C)(C)C)OC(C)(C)CC(C)(C)N. The first-order valence-electron chi connectivity index (χ1n) is 12.4. The molecule has 0 saturated heterocycles. The van der Waals surface area contributed by atoms with E-state index >= 15 is 0 Å². The van der Waals surface area contributed by atoms with Crippen molar-refractivity contribution in [3.05, 3.63) is 0 Å². The van der Waals surface area contributed by atoms with E-state index < -0.39 is 48.3 Å². The summed E-state index contributed by atoms with van der Waals surface area (Å²) in [5.41, 5.74) is 3.07. The van der Waals surface area contributed by atoms with Crippen LogP contribution in [0.15, 0.2) is 0 Å². The fourth-order valence-corrected chi connectivity index (χ4v) is 4.37. The number of carbonyl (C=O) groups excluding carboxylic acids is 2. The first kappa shape index (κ1) is 35.0. The summed E-state index contributed by atoms with van der Waals surface area (Å²) >= 11 is 0. The molecule has 0 fully saturated rings. The highest BCUT2D eigenvalue weighted by molar-refractivity contribution is 7.48. The van der Waals surface area contributed by atoms with E-state index in [2.05, 4.69) is 0 Å². The van der Waals surface area contributed by atoms with Crippen molar-refractivity contribution in [3.63, 3.8) is 0 Å². The van der Waals surface area contributed by atoms with Crippen LogP contribution in [0.25, 0.3) is 0 Å². The number of rotatable bonds is 13. The molecule has 0 aromatic carbocycles. The van der Waals surface area contributed by atoms with Crippen LogP contribution in [0.2, 0.25) is 0 Å². The Balaban J connectivity index is 5.68. The summed E-state index contributed by atoms with van der Waals surface area (Å²) in [6, 6.07) is 0. The van der Waals surface area contributed by atoms with Crippen LogP contribution in [0, 0.1) is 22.2 Å². The van der Waals surface area contributed by atoms with Gasteiger partial charge in [0.1, 0.15) is 6.61 Å². The lowest BCUT2D eigenvalue weighted by Crippen LogP contribution is -2.42. The number of phosphoric ester groups is 1. The van der Waals surface area contributed by atoms with Crippen molar-refractivity contribution in [1.82, 2.24) is 0 Å². The maximum atomic E-state index is 13.2. The lowest BCUT2D eigenvalue weighted by molar-refractivity contribution is -0.173. The van der Waals surface area contributed by atoms with E-state index in [1.807, 2.05) is 55.4 Å². The number of ether oxygens (including phenoxy) is 2. The molecule has 0 aromatic heterocycles. The van der Waals surface area contributed by atoms with Gasteiger partial charge >= 0.3 is 19.8 Å². The fraction of sp³-hybridized carbons (Fsp3) is 0.923. The molecule has 0 radical (unpaired) electrons. The van der Waals surface area contributed by atoms with Crippen molar-refractivity contribution in [2.75, 3.05) is 20.3 Å². The smallest absolute Gasteiger partial charge is 0.461 e. The summed E-state index contributed by atoms with van der Waals surface area (Å²) < 4.78 is 40.8. The van der Waals surface area contributed by atoms with E-state index in [9.17, 15) is 14.2 Å². The van der Waals surface area contributed by atoms with E-state index in [4.69, 9.17) is 28.8 Å². The van der Waals surface area contributed by atoms with E-state index in [1.165, 1.54) is 7.11 Å². The quantitative estimate of drug-likeness (QED) is 0.226. The second-order valence-corrected chi connectivity index (χ2v) is 15.3. The molecule has 0 spiro atoms. The van der Waals surface area contributed by atoms with Gasteiger partial charge in [0, 0.05) is 12.6 Å². The zero-order valence-corrected chi connectivity index (χ0v) is 26.0. The van der Waals surface area contributed by atoms with Gasteiger partial charge in [-0.2, -0.15) is 0 Å². The van der Waals surface area contributed by atoms with Gasteiger partial charge in [-0.05, 0) is 58.8 Å². The zero-order valence-electron chi connectivity index (χ0n) is 25.1. The van der Waals surface area contributed by atoms with Crippen LogP contribution in [0.1, 0.15) is 96.4 Å². The van der Waals surface area contributed by atoms with E-state index in [0.29, 0.717) is 6.42 Å². The standard InChI is InChI=1S/C26H52NO8P/c1-18(22(2,3)4)20(28)34-19(15-32-21(29)26(12,13)23(5,6)7)16-33-36(30,31-14)35-25(10,11)17-24(8,9)27/h18-19H,15-17,27H2,1-14H3. The van der Waals surface area contributed by atoms with E-state index in [1.54, 1.807) is 34.6 Å². The summed E-state index contributed by atoms with van der Waals surface area (Å²) in [5, 5.41) is 0. The number of phosphoric acid groups is 1. The minimum atomic E-state index is -4.06. The highest BCUT2D eigenvalue weighted by Crippen LogP contribution is 2.53. The molecule has 0 rings (SSSR count). The van der Waals surface area contributed by atoms with Gasteiger partial charge in [0.2, 0.25) is 0 Å². The Labute approximate surface area is 219 Å². The summed E-state index contributed by atoms with van der Waals surface area (Å²) in [6.45, 7) is 23.4. The van der Waals surface area contributed by atoms with Gasteiger partial charge in [0.05, 0.1) is 23.5 Å². The van der Waals surface area contributed by atoms with Gasteiger partial charge in [0.15, 0.2) is 6.10 Å². The molecule has 0 amide bonds. The van der Waals surface area contributed by atoms with E-state index in [0.717, 1.165) is 0 Å². The Hall–Kier alpha value is -0.990. The van der Waals surface area contributed by atoms with Crippen LogP contribution in [0.4, 0.5) is 0 Å². The molecule has 0 aromatic rings. The molecule has 36 heavy (non-hydrogen) atoms. The minimum Gasteiger partial charge on any atom is -0.461 e. The molecule has 2 N–H and O–H groups in total. The Bertz CT molecular complexity index is 787. The average molecular weight is 538 g/mol. The van der Waals surface area contributed by atoms with Crippen molar-refractivity contribution >= 4 is 19.8 Å². The van der Waals surface area contributed by atoms with Gasteiger partial charge in [0.25, 0.3) is 0 Å². The summed E-state index contributed by atoms with van der Waals surface area (Å²) in [6.07, 6.45) is -0.652. The van der Waals surface area contributed by atoms with Crippen LogP contribution >= 0.6 is 7.82 Å². The van der Waals surface area contributed by atoms with E-state index in [-0.39, 0.29) is 24.0 Å². The van der Waals surface area contributed by atoms with Crippen molar-refractivity contribution in [2.45, 2.75) is 114 Å². The molecule has 10 heteroatoms. The second kappa shape index (κ2) is 12.2. The van der Waals surface area contributed by atoms with Crippen LogP contribution in [-0.4, -0.2) is 49.5 Å². The molecule has 0 bridgehead atoms. The van der Waals surface area contributed by atoms with Crippen LogP contribution in [-0.2, 0) is 37.2 Å². The van der Waals surface area contributed by atoms with Crippen molar-refractivity contribution in [3.8, 4) is 0 Å². The molecule has 0 heterocycles. The maximum absolute atomic E-state index is 13.2. The average Bonchev–Trinajstić information content (AvgIpc) is 2.64. The number of hydrogen-bond acceptors (Lipinski definition) is 9. The molecule has 0 aliphatic heterocycles. The second-order valence-electron chi connectivity index (χ2n) is 13.6. The van der Waals surface area contributed by atoms with Crippen LogP contribution in [0.3, 0.4) is 0 Å². The Morgan fingerprint density at radius 3 is 1.78 bits per heavy atom. The predicted octanol–water partition coefficient (Wildman–Crippen LogP) is 5.89. The third-order valence-electron chi connectivity index (χ3n) is 6.60.